The Balaban J connectivity index is 1.93. The molecule has 0 heterocycles. The Morgan fingerprint density at radius 2 is 1.62 bits per heavy atom. The third-order valence-corrected chi connectivity index (χ3v) is 3.59. The summed E-state index contributed by atoms with van der Waals surface area (Å²) in [5.41, 5.74) is 1.69. The molecule has 106 valence electrons. The van der Waals surface area contributed by atoms with Crippen LogP contribution in [0.15, 0.2) is 60.7 Å². The molecule has 0 saturated heterocycles. The van der Waals surface area contributed by atoms with E-state index in [0.717, 1.165) is 22.4 Å². The Kier molecular flexibility index (Phi) is 3.57. The number of rotatable bonds is 3. The highest BCUT2D eigenvalue weighted by molar-refractivity contribution is 5.86. The normalized spacial score (nSPS) is 12.3. The zero-order valence-corrected chi connectivity index (χ0v) is 11.6. The molecule has 0 saturated carbocycles. The Hall–Kier alpha value is -2.42. The van der Waals surface area contributed by atoms with E-state index in [9.17, 15) is 8.78 Å². The summed E-state index contributed by atoms with van der Waals surface area (Å²) in [5, 5.41) is 5.53. The van der Waals surface area contributed by atoms with Gasteiger partial charge in [0.1, 0.15) is 0 Å². The molecule has 1 N–H and O–H groups in total. The van der Waals surface area contributed by atoms with Gasteiger partial charge in [0.2, 0.25) is 0 Å². The van der Waals surface area contributed by atoms with E-state index < -0.39 is 11.6 Å². The molecule has 0 amide bonds. The number of benzene rings is 3. The van der Waals surface area contributed by atoms with Crippen molar-refractivity contribution < 1.29 is 8.78 Å². The van der Waals surface area contributed by atoms with E-state index in [0.29, 0.717) is 5.69 Å². The quantitative estimate of drug-likeness (QED) is 0.688. The molecule has 3 rings (SSSR count). The molecular weight excluding hydrogens is 268 g/mol. The molecule has 3 aromatic carbocycles. The molecule has 0 aliphatic rings. The lowest BCUT2D eigenvalue weighted by Gasteiger charge is -2.18. The topological polar surface area (TPSA) is 12.0 Å². The summed E-state index contributed by atoms with van der Waals surface area (Å²) < 4.78 is 26.2. The largest absolute Gasteiger partial charge is 0.378 e. The van der Waals surface area contributed by atoms with Crippen LogP contribution < -0.4 is 5.32 Å². The predicted octanol–water partition coefficient (Wildman–Crippen LogP) is 5.29. The molecule has 0 aliphatic carbocycles. The minimum atomic E-state index is -0.842. The lowest BCUT2D eigenvalue weighted by Crippen LogP contribution is -2.07. The zero-order chi connectivity index (χ0) is 14.8. The van der Waals surface area contributed by atoms with Crippen LogP contribution in [0.5, 0.6) is 0 Å². The predicted molar refractivity (Wildman–Crippen MR) is 82.3 cm³/mol. The number of anilines is 1. The number of fused-ring (bicyclic) bond motifs is 1. The molecule has 0 fully saturated rings. The van der Waals surface area contributed by atoms with Crippen LogP contribution in [0.25, 0.3) is 10.8 Å². The third-order valence-electron chi connectivity index (χ3n) is 3.59. The summed E-state index contributed by atoms with van der Waals surface area (Å²) in [6, 6.07) is 18.1. The molecule has 1 atom stereocenters. The van der Waals surface area contributed by atoms with Gasteiger partial charge in [-0.05, 0) is 35.4 Å². The highest BCUT2D eigenvalue weighted by Gasteiger charge is 2.10. The van der Waals surface area contributed by atoms with Gasteiger partial charge < -0.3 is 5.32 Å². The van der Waals surface area contributed by atoms with Crippen molar-refractivity contribution in [3.8, 4) is 0 Å². The smallest absolute Gasteiger partial charge is 0.160 e. The Bertz CT molecular complexity index is 778. The second-order valence-electron chi connectivity index (χ2n) is 5.06. The van der Waals surface area contributed by atoms with Gasteiger partial charge in [-0.15, -0.1) is 0 Å². The van der Waals surface area contributed by atoms with E-state index in [4.69, 9.17) is 0 Å². The van der Waals surface area contributed by atoms with Gasteiger partial charge in [0, 0.05) is 17.8 Å². The summed E-state index contributed by atoms with van der Waals surface area (Å²) in [5.74, 6) is -1.68. The van der Waals surface area contributed by atoms with Crippen molar-refractivity contribution in [2.75, 3.05) is 5.32 Å². The van der Waals surface area contributed by atoms with Gasteiger partial charge in [-0.25, -0.2) is 8.78 Å². The highest BCUT2D eigenvalue weighted by Crippen LogP contribution is 2.27. The first-order valence-corrected chi connectivity index (χ1v) is 6.84. The Morgan fingerprint density at radius 1 is 0.857 bits per heavy atom. The number of hydrogen-bond acceptors (Lipinski definition) is 1. The fraction of sp³-hybridized carbons (Fsp3) is 0.111. The average Bonchev–Trinajstić information content (AvgIpc) is 2.50. The molecule has 0 bridgehead atoms. The first kappa shape index (κ1) is 13.6. The first-order chi connectivity index (χ1) is 10.1. The molecule has 3 aromatic rings. The summed E-state index contributed by atoms with van der Waals surface area (Å²) >= 11 is 0. The maximum atomic E-state index is 13.3. The van der Waals surface area contributed by atoms with Crippen LogP contribution in [0.1, 0.15) is 18.5 Å². The minimum Gasteiger partial charge on any atom is -0.378 e. The van der Waals surface area contributed by atoms with Crippen LogP contribution in [0.2, 0.25) is 0 Å². The Morgan fingerprint density at radius 3 is 2.43 bits per heavy atom. The number of hydrogen-bond donors (Lipinski definition) is 1. The van der Waals surface area contributed by atoms with Crippen molar-refractivity contribution in [3.63, 3.8) is 0 Å². The molecular formula is C18H15F2N. The lowest BCUT2D eigenvalue weighted by molar-refractivity contribution is 0.509. The third kappa shape index (κ3) is 2.72. The van der Waals surface area contributed by atoms with E-state index in [2.05, 4.69) is 23.5 Å². The van der Waals surface area contributed by atoms with Crippen molar-refractivity contribution in [2.45, 2.75) is 13.0 Å². The van der Waals surface area contributed by atoms with Crippen LogP contribution in [0.4, 0.5) is 14.5 Å². The molecule has 3 heteroatoms. The second-order valence-corrected chi connectivity index (χ2v) is 5.06. The molecule has 0 aliphatic heterocycles. The molecule has 21 heavy (non-hydrogen) atoms. The molecule has 0 aromatic heterocycles. The zero-order valence-electron chi connectivity index (χ0n) is 11.6. The van der Waals surface area contributed by atoms with Crippen molar-refractivity contribution in [1.82, 2.24) is 0 Å². The van der Waals surface area contributed by atoms with E-state index in [1.165, 1.54) is 6.07 Å². The van der Waals surface area contributed by atoms with Crippen LogP contribution in [-0.2, 0) is 0 Å². The van der Waals surface area contributed by atoms with Gasteiger partial charge in [-0.3, -0.25) is 0 Å². The molecule has 0 radical (unpaired) electrons. The first-order valence-electron chi connectivity index (χ1n) is 6.84. The fourth-order valence-corrected chi connectivity index (χ4v) is 2.54. The lowest BCUT2D eigenvalue weighted by atomic mass is 9.99. The molecule has 0 spiro atoms. The van der Waals surface area contributed by atoms with E-state index in [1.54, 1.807) is 6.07 Å². The Labute approximate surface area is 122 Å². The highest BCUT2D eigenvalue weighted by atomic mass is 19.2. The minimum absolute atomic E-state index is 0.0130. The van der Waals surface area contributed by atoms with Crippen molar-refractivity contribution in [1.29, 1.82) is 0 Å². The van der Waals surface area contributed by atoms with Crippen LogP contribution >= 0.6 is 0 Å². The van der Waals surface area contributed by atoms with Gasteiger partial charge in [0.15, 0.2) is 11.6 Å². The van der Waals surface area contributed by atoms with Crippen molar-refractivity contribution in [3.05, 3.63) is 77.9 Å². The standard InChI is InChI=1S/C18H15F2N/c1-12(21-14-9-10-17(19)18(20)11-14)15-8-4-6-13-5-2-3-7-16(13)15/h2-12,21H,1H3. The van der Waals surface area contributed by atoms with Gasteiger partial charge in [0.25, 0.3) is 0 Å². The number of nitrogens with one attached hydrogen (secondary N) is 1. The monoisotopic (exact) mass is 283 g/mol. The summed E-state index contributed by atoms with van der Waals surface area (Å²) in [6.45, 7) is 2.00. The maximum Gasteiger partial charge on any atom is 0.160 e. The van der Waals surface area contributed by atoms with Gasteiger partial charge in [-0.2, -0.15) is 0 Å². The fourth-order valence-electron chi connectivity index (χ4n) is 2.54. The molecule has 1 nitrogen and oxygen atoms in total. The summed E-state index contributed by atoms with van der Waals surface area (Å²) in [6.07, 6.45) is 0. The van der Waals surface area contributed by atoms with Crippen molar-refractivity contribution in [2.24, 2.45) is 0 Å². The number of halogens is 2. The van der Waals surface area contributed by atoms with Crippen LogP contribution in [0, 0.1) is 11.6 Å². The van der Waals surface area contributed by atoms with E-state index in [-0.39, 0.29) is 6.04 Å². The van der Waals surface area contributed by atoms with Crippen molar-refractivity contribution >= 4 is 16.5 Å². The van der Waals surface area contributed by atoms with Crippen LogP contribution in [0.3, 0.4) is 0 Å². The van der Waals surface area contributed by atoms with Gasteiger partial charge >= 0.3 is 0 Å². The van der Waals surface area contributed by atoms with E-state index in [1.807, 2.05) is 31.2 Å². The van der Waals surface area contributed by atoms with E-state index >= 15 is 0 Å². The second kappa shape index (κ2) is 5.52. The SMILES string of the molecule is CC(Nc1ccc(F)c(F)c1)c1cccc2ccccc12. The molecule has 1 unspecified atom stereocenters. The summed E-state index contributed by atoms with van der Waals surface area (Å²) in [4.78, 5) is 0. The maximum absolute atomic E-state index is 13.3. The van der Waals surface area contributed by atoms with Gasteiger partial charge in [-0.1, -0.05) is 42.5 Å². The summed E-state index contributed by atoms with van der Waals surface area (Å²) in [7, 11) is 0. The van der Waals surface area contributed by atoms with Crippen LogP contribution in [-0.4, -0.2) is 0 Å². The van der Waals surface area contributed by atoms with Gasteiger partial charge in [0.05, 0.1) is 0 Å². The average molecular weight is 283 g/mol.